The Hall–Kier alpha value is -1.36. The largest absolute Gasteiger partial charge is 0.385 e. The Bertz CT molecular complexity index is 522. The van der Waals surface area contributed by atoms with Crippen LogP contribution in [0.1, 0.15) is 16.7 Å². The van der Waals surface area contributed by atoms with E-state index in [1.54, 1.807) is 18.4 Å². The van der Waals surface area contributed by atoms with E-state index in [2.05, 4.69) is 10.3 Å². The van der Waals surface area contributed by atoms with Crippen molar-refractivity contribution in [3.63, 3.8) is 0 Å². The number of amides is 1. The third-order valence-electron chi connectivity index (χ3n) is 2.73. The molecule has 1 N–H and O–H groups in total. The van der Waals surface area contributed by atoms with Crippen LogP contribution in [0.25, 0.3) is 0 Å². The minimum Gasteiger partial charge on any atom is -0.385 e. The predicted octanol–water partition coefficient (Wildman–Crippen LogP) is 2.18. The van der Waals surface area contributed by atoms with Crippen LogP contribution in [-0.4, -0.2) is 31.2 Å². The first kappa shape index (κ1) is 15.0. The molecule has 0 radical (unpaired) electrons. The molecule has 20 heavy (non-hydrogen) atoms. The minimum atomic E-state index is -0.793. The van der Waals surface area contributed by atoms with Gasteiger partial charge in [-0.2, -0.15) is 5.26 Å². The van der Waals surface area contributed by atoms with E-state index < -0.39 is 5.92 Å². The Labute approximate surface area is 126 Å². The molecule has 106 valence electrons. The highest BCUT2D eigenvalue weighted by molar-refractivity contribution is 8.14. The van der Waals surface area contributed by atoms with Crippen LogP contribution in [0.4, 0.5) is 0 Å². The van der Waals surface area contributed by atoms with E-state index in [1.807, 2.05) is 23.6 Å². The van der Waals surface area contributed by atoms with Gasteiger partial charge < -0.3 is 10.1 Å². The lowest BCUT2D eigenvalue weighted by atomic mass is 10.1. The summed E-state index contributed by atoms with van der Waals surface area (Å²) >= 11 is 3.03. The summed E-state index contributed by atoms with van der Waals surface area (Å²) in [5.41, 5.74) is 0. The molecule has 5 nitrogen and oxygen atoms in total. The molecule has 1 aromatic heterocycles. The van der Waals surface area contributed by atoms with Crippen LogP contribution in [-0.2, 0) is 9.53 Å². The van der Waals surface area contributed by atoms with Crippen molar-refractivity contribution >= 4 is 34.0 Å². The second-order valence-electron chi connectivity index (χ2n) is 4.15. The number of carbonyl (C=O) groups excluding carboxylic acids is 1. The highest BCUT2D eigenvalue weighted by Gasteiger charge is 2.35. The average molecular weight is 309 g/mol. The van der Waals surface area contributed by atoms with Crippen LogP contribution in [0.15, 0.2) is 22.5 Å². The fraction of sp³-hybridized carbons (Fsp3) is 0.462. The van der Waals surface area contributed by atoms with Gasteiger partial charge in [-0.15, -0.1) is 11.3 Å². The van der Waals surface area contributed by atoms with Crippen molar-refractivity contribution in [3.05, 3.63) is 22.4 Å². The molecular weight excluding hydrogens is 294 g/mol. The number of rotatable bonds is 5. The number of hydrogen-bond acceptors (Lipinski definition) is 6. The lowest BCUT2D eigenvalue weighted by Crippen LogP contribution is -2.40. The average Bonchev–Trinajstić information content (AvgIpc) is 2.97. The van der Waals surface area contributed by atoms with E-state index in [0.29, 0.717) is 18.2 Å². The molecular formula is C13H15N3O2S2. The van der Waals surface area contributed by atoms with Gasteiger partial charge in [-0.05, 0) is 17.9 Å². The molecule has 7 heteroatoms. The predicted molar refractivity (Wildman–Crippen MR) is 80.7 cm³/mol. The maximum absolute atomic E-state index is 12.0. The summed E-state index contributed by atoms with van der Waals surface area (Å²) in [6.45, 7) is 1.19. The van der Waals surface area contributed by atoms with Crippen molar-refractivity contribution in [2.45, 2.75) is 11.8 Å². The van der Waals surface area contributed by atoms with Crippen molar-refractivity contribution in [1.82, 2.24) is 5.32 Å². The molecule has 1 aliphatic rings. The van der Waals surface area contributed by atoms with Gasteiger partial charge >= 0.3 is 0 Å². The highest BCUT2D eigenvalue weighted by Crippen LogP contribution is 2.36. The van der Waals surface area contributed by atoms with Gasteiger partial charge in [-0.25, -0.2) is 0 Å². The SMILES string of the molecule is COCCCN=C1S[C@H](c2cccs2)NC(=O)C1C#N. The second kappa shape index (κ2) is 7.43. The van der Waals surface area contributed by atoms with Crippen molar-refractivity contribution < 1.29 is 9.53 Å². The first-order valence-corrected chi connectivity index (χ1v) is 7.95. The third-order valence-corrected chi connectivity index (χ3v) is 5.03. The van der Waals surface area contributed by atoms with E-state index in [0.717, 1.165) is 11.3 Å². The van der Waals surface area contributed by atoms with Gasteiger partial charge in [-0.1, -0.05) is 17.8 Å². The molecule has 2 atom stereocenters. The van der Waals surface area contributed by atoms with Gasteiger partial charge in [0.15, 0.2) is 5.92 Å². The smallest absolute Gasteiger partial charge is 0.245 e. The lowest BCUT2D eigenvalue weighted by Gasteiger charge is -2.26. The number of ether oxygens (including phenoxy) is 1. The normalized spacial score (nSPS) is 24.4. The van der Waals surface area contributed by atoms with Crippen molar-refractivity contribution in [1.29, 1.82) is 5.26 Å². The molecule has 2 rings (SSSR count). The molecule has 0 aromatic carbocycles. The van der Waals surface area contributed by atoms with Crippen LogP contribution >= 0.6 is 23.1 Å². The molecule has 0 spiro atoms. The summed E-state index contributed by atoms with van der Waals surface area (Å²) in [6.07, 6.45) is 0.782. The van der Waals surface area contributed by atoms with Gasteiger partial charge in [0, 0.05) is 25.1 Å². The van der Waals surface area contributed by atoms with Gasteiger partial charge in [0.25, 0.3) is 0 Å². The Morgan fingerprint density at radius 3 is 3.10 bits per heavy atom. The molecule has 0 aliphatic carbocycles. The Balaban J connectivity index is 2.09. The van der Waals surface area contributed by atoms with Crippen LogP contribution in [0.5, 0.6) is 0 Å². The third kappa shape index (κ3) is 3.60. The number of nitriles is 1. The van der Waals surface area contributed by atoms with E-state index in [-0.39, 0.29) is 11.3 Å². The Kier molecular flexibility index (Phi) is 5.59. The van der Waals surface area contributed by atoms with Crippen LogP contribution in [0.3, 0.4) is 0 Å². The number of methoxy groups -OCH3 is 1. The number of aliphatic imine (C=N–C) groups is 1. The maximum Gasteiger partial charge on any atom is 0.245 e. The quantitative estimate of drug-likeness (QED) is 0.846. The Morgan fingerprint density at radius 2 is 2.45 bits per heavy atom. The first-order valence-electron chi connectivity index (χ1n) is 6.19. The van der Waals surface area contributed by atoms with Crippen LogP contribution in [0, 0.1) is 17.2 Å². The van der Waals surface area contributed by atoms with Crippen molar-refractivity contribution in [3.8, 4) is 6.07 Å². The number of nitrogens with zero attached hydrogens (tertiary/aromatic N) is 2. The number of nitrogens with one attached hydrogen (secondary N) is 1. The first-order chi connectivity index (χ1) is 9.76. The molecule has 1 amide bonds. The summed E-state index contributed by atoms with van der Waals surface area (Å²) in [6, 6.07) is 5.93. The van der Waals surface area contributed by atoms with Gasteiger partial charge in [0.05, 0.1) is 11.1 Å². The summed E-state index contributed by atoms with van der Waals surface area (Å²) in [5, 5.41) is 14.4. The Morgan fingerprint density at radius 1 is 1.60 bits per heavy atom. The van der Waals surface area contributed by atoms with E-state index in [4.69, 9.17) is 10.00 Å². The molecule has 1 aromatic rings. The van der Waals surface area contributed by atoms with Gasteiger partial charge in [-0.3, -0.25) is 9.79 Å². The van der Waals surface area contributed by atoms with Gasteiger partial charge in [0.2, 0.25) is 5.91 Å². The summed E-state index contributed by atoms with van der Waals surface area (Å²) in [7, 11) is 1.64. The van der Waals surface area contributed by atoms with Crippen molar-refractivity contribution in [2.75, 3.05) is 20.3 Å². The van der Waals surface area contributed by atoms with E-state index >= 15 is 0 Å². The fourth-order valence-electron chi connectivity index (χ4n) is 1.75. The standard InChI is InChI=1S/C13H15N3O2S2/c1-18-6-3-5-15-12-9(8-14)11(17)16-13(20-12)10-4-2-7-19-10/h2,4,7,9,13H,3,5-6H2,1H3,(H,16,17)/t9?,13-/m1/s1. The van der Waals surface area contributed by atoms with Crippen molar-refractivity contribution in [2.24, 2.45) is 10.9 Å². The molecule has 1 saturated heterocycles. The molecule has 2 heterocycles. The minimum absolute atomic E-state index is 0.145. The molecule has 1 aliphatic heterocycles. The zero-order chi connectivity index (χ0) is 14.4. The van der Waals surface area contributed by atoms with Crippen LogP contribution < -0.4 is 5.32 Å². The number of hydrogen-bond donors (Lipinski definition) is 1. The zero-order valence-electron chi connectivity index (χ0n) is 11.0. The fourth-order valence-corrected chi connectivity index (χ4v) is 3.79. The van der Waals surface area contributed by atoms with E-state index in [9.17, 15) is 4.79 Å². The second-order valence-corrected chi connectivity index (χ2v) is 6.25. The number of carbonyl (C=O) groups is 1. The maximum atomic E-state index is 12.0. The van der Waals surface area contributed by atoms with E-state index in [1.165, 1.54) is 11.8 Å². The highest BCUT2D eigenvalue weighted by atomic mass is 32.2. The zero-order valence-corrected chi connectivity index (χ0v) is 12.7. The lowest BCUT2D eigenvalue weighted by molar-refractivity contribution is -0.122. The molecule has 1 unspecified atom stereocenters. The summed E-state index contributed by atoms with van der Waals surface area (Å²) in [4.78, 5) is 17.4. The van der Waals surface area contributed by atoms with Gasteiger partial charge in [0.1, 0.15) is 5.37 Å². The number of thiophene rings is 1. The molecule has 1 fully saturated rings. The monoisotopic (exact) mass is 309 g/mol. The summed E-state index contributed by atoms with van der Waals surface area (Å²) in [5.74, 6) is -1.06. The molecule has 0 saturated carbocycles. The number of thioether (sulfide) groups is 1. The van der Waals surface area contributed by atoms with Crippen LogP contribution in [0.2, 0.25) is 0 Å². The molecule has 0 bridgehead atoms. The topological polar surface area (TPSA) is 74.5 Å². The summed E-state index contributed by atoms with van der Waals surface area (Å²) < 4.78 is 4.97.